The number of hydrogen-bond acceptors (Lipinski definition) is 4. The van der Waals surface area contributed by atoms with Crippen LogP contribution in [-0.4, -0.2) is 47.9 Å². The number of carbonyl (C=O) groups is 2. The van der Waals surface area contributed by atoms with Gasteiger partial charge in [0, 0.05) is 32.2 Å². The molecule has 1 atom stereocenters. The van der Waals surface area contributed by atoms with Crippen LogP contribution in [0.1, 0.15) is 61.1 Å². The quantitative estimate of drug-likeness (QED) is 0.689. The number of carbonyl (C=O) groups excluding carboxylic acids is 2. The molecule has 7 heteroatoms. The summed E-state index contributed by atoms with van der Waals surface area (Å²) in [5.41, 5.74) is 1.43. The van der Waals surface area contributed by atoms with Gasteiger partial charge in [0.05, 0.1) is 19.2 Å². The molecule has 0 aromatic carbocycles. The molecule has 1 fully saturated rings. The lowest BCUT2D eigenvalue weighted by atomic mass is 9.86. The van der Waals surface area contributed by atoms with Crippen LogP contribution in [0.25, 0.3) is 0 Å². The fourth-order valence-corrected chi connectivity index (χ4v) is 3.98. The summed E-state index contributed by atoms with van der Waals surface area (Å²) in [5.74, 6) is 0.688. The zero-order valence-corrected chi connectivity index (χ0v) is 15.6. The van der Waals surface area contributed by atoms with E-state index in [1.165, 1.54) is 32.1 Å². The highest BCUT2D eigenvalue weighted by molar-refractivity contribution is 5.92. The van der Waals surface area contributed by atoms with Crippen molar-refractivity contribution >= 4 is 11.8 Å². The van der Waals surface area contributed by atoms with Gasteiger partial charge in [0.2, 0.25) is 5.91 Å². The number of nitrogens with one attached hydrogen (secondary N) is 2. The number of amides is 2. The first-order valence-electron chi connectivity index (χ1n) is 9.79. The average Bonchev–Trinajstić information content (AvgIpc) is 3.19. The number of ether oxygens (including phenoxy) is 1. The summed E-state index contributed by atoms with van der Waals surface area (Å²) < 4.78 is 6.75. The van der Waals surface area contributed by atoms with Gasteiger partial charge in [0.15, 0.2) is 0 Å². The molecule has 144 valence electrons. The Balaban J connectivity index is 1.40. The predicted molar refractivity (Wildman–Crippen MR) is 97.9 cm³/mol. The lowest BCUT2D eigenvalue weighted by Crippen LogP contribution is -2.36. The Kier molecular flexibility index (Phi) is 6.66. The third-order valence-corrected chi connectivity index (χ3v) is 5.41. The van der Waals surface area contributed by atoms with Crippen molar-refractivity contribution in [1.82, 2.24) is 20.4 Å². The molecule has 2 heterocycles. The molecule has 0 saturated heterocycles. The summed E-state index contributed by atoms with van der Waals surface area (Å²) in [5, 5.41) is 10.3. The van der Waals surface area contributed by atoms with E-state index in [0.29, 0.717) is 31.8 Å². The number of fused-ring (bicyclic) bond motifs is 1. The third-order valence-electron chi connectivity index (χ3n) is 5.41. The van der Waals surface area contributed by atoms with Crippen molar-refractivity contribution in [2.45, 2.75) is 64.0 Å². The minimum atomic E-state index is -0.183. The van der Waals surface area contributed by atoms with Gasteiger partial charge in [-0.25, -0.2) is 0 Å². The molecule has 0 radical (unpaired) electrons. The molecular formula is C19H30N4O3. The number of rotatable bonds is 8. The van der Waals surface area contributed by atoms with Crippen molar-refractivity contribution in [2.24, 2.45) is 5.92 Å². The van der Waals surface area contributed by atoms with Gasteiger partial charge in [-0.05, 0) is 18.4 Å². The second kappa shape index (κ2) is 9.16. The van der Waals surface area contributed by atoms with E-state index in [2.05, 4.69) is 15.7 Å². The van der Waals surface area contributed by atoms with Crippen LogP contribution in [0.15, 0.2) is 6.07 Å². The molecule has 1 aliphatic carbocycles. The molecule has 26 heavy (non-hydrogen) atoms. The maximum absolute atomic E-state index is 12.2. The monoisotopic (exact) mass is 362 g/mol. The topological polar surface area (TPSA) is 85.2 Å². The average molecular weight is 362 g/mol. The van der Waals surface area contributed by atoms with E-state index in [9.17, 15) is 9.59 Å². The largest absolute Gasteiger partial charge is 0.383 e. The molecule has 7 nitrogen and oxygen atoms in total. The Morgan fingerprint density at radius 2 is 2.12 bits per heavy atom. The molecular weight excluding hydrogens is 332 g/mol. The van der Waals surface area contributed by atoms with Crippen molar-refractivity contribution < 1.29 is 14.3 Å². The van der Waals surface area contributed by atoms with Gasteiger partial charge in [0.25, 0.3) is 5.91 Å². The van der Waals surface area contributed by atoms with Gasteiger partial charge in [-0.15, -0.1) is 0 Å². The highest BCUT2D eigenvalue weighted by Crippen LogP contribution is 2.27. The Morgan fingerprint density at radius 1 is 1.31 bits per heavy atom. The minimum absolute atomic E-state index is 0.0851. The van der Waals surface area contributed by atoms with Gasteiger partial charge in [-0.1, -0.05) is 32.1 Å². The van der Waals surface area contributed by atoms with Crippen LogP contribution in [0.2, 0.25) is 0 Å². The van der Waals surface area contributed by atoms with Crippen molar-refractivity contribution in [1.29, 1.82) is 0 Å². The standard InChI is InChI=1S/C19H30N4O3/c1-26-10-9-20-19(25)17-12-16-11-15(13-23(16)22-17)21-18(24)8-7-14-5-3-2-4-6-14/h12,14-15H,2-11,13H2,1H3,(H,20,25)(H,21,24)/t15-/m0/s1. The van der Waals surface area contributed by atoms with Crippen LogP contribution < -0.4 is 10.6 Å². The van der Waals surface area contributed by atoms with Gasteiger partial charge in [-0.2, -0.15) is 5.10 Å². The van der Waals surface area contributed by atoms with Crippen LogP contribution in [0.5, 0.6) is 0 Å². The summed E-state index contributed by atoms with van der Waals surface area (Å²) in [6, 6.07) is 1.90. The van der Waals surface area contributed by atoms with Crippen molar-refractivity contribution in [3.05, 3.63) is 17.5 Å². The summed E-state index contributed by atoms with van der Waals surface area (Å²) in [6.07, 6.45) is 8.90. The molecule has 3 rings (SSSR count). The zero-order valence-electron chi connectivity index (χ0n) is 15.6. The Morgan fingerprint density at radius 3 is 2.85 bits per heavy atom. The molecule has 0 bridgehead atoms. The normalized spacial score (nSPS) is 20.0. The molecule has 1 saturated carbocycles. The predicted octanol–water partition coefficient (Wildman–Crippen LogP) is 1.66. The van der Waals surface area contributed by atoms with Crippen LogP contribution in [0, 0.1) is 5.92 Å². The molecule has 1 aromatic rings. The van der Waals surface area contributed by atoms with Crippen LogP contribution in [0.3, 0.4) is 0 Å². The van der Waals surface area contributed by atoms with Crippen molar-refractivity contribution in [2.75, 3.05) is 20.3 Å². The number of aromatic nitrogens is 2. The SMILES string of the molecule is COCCNC(=O)c1cc2n(n1)C[C@@H](NC(=O)CCC1CCCCC1)C2. The lowest BCUT2D eigenvalue weighted by Gasteiger charge is -2.21. The Hall–Kier alpha value is -1.89. The molecule has 1 aliphatic heterocycles. The number of nitrogens with zero attached hydrogens (tertiary/aromatic N) is 2. The minimum Gasteiger partial charge on any atom is -0.383 e. The first kappa shape index (κ1) is 18.9. The van der Waals surface area contributed by atoms with Gasteiger partial charge in [0.1, 0.15) is 5.69 Å². The summed E-state index contributed by atoms with van der Waals surface area (Å²) >= 11 is 0. The highest BCUT2D eigenvalue weighted by Gasteiger charge is 2.26. The van der Waals surface area contributed by atoms with E-state index in [-0.39, 0.29) is 17.9 Å². The van der Waals surface area contributed by atoms with Gasteiger partial charge >= 0.3 is 0 Å². The molecule has 2 amide bonds. The van der Waals surface area contributed by atoms with E-state index in [0.717, 1.165) is 24.5 Å². The van der Waals surface area contributed by atoms with E-state index in [1.807, 2.05) is 10.7 Å². The van der Waals surface area contributed by atoms with Crippen LogP contribution in [-0.2, 0) is 22.5 Å². The summed E-state index contributed by atoms with van der Waals surface area (Å²) in [4.78, 5) is 24.2. The number of methoxy groups -OCH3 is 1. The van der Waals surface area contributed by atoms with Crippen molar-refractivity contribution in [3.63, 3.8) is 0 Å². The molecule has 0 unspecified atom stereocenters. The molecule has 1 aromatic heterocycles. The van der Waals surface area contributed by atoms with Gasteiger partial charge in [-0.3, -0.25) is 14.3 Å². The Bertz CT molecular complexity index is 599. The molecule has 0 spiro atoms. The maximum atomic E-state index is 12.2. The second-order valence-corrected chi connectivity index (χ2v) is 7.46. The first-order valence-corrected chi connectivity index (χ1v) is 9.79. The molecule has 2 aliphatic rings. The lowest BCUT2D eigenvalue weighted by molar-refractivity contribution is -0.122. The maximum Gasteiger partial charge on any atom is 0.271 e. The van der Waals surface area contributed by atoms with Crippen molar-refractivity contribution in [3.8, 4) is 0 Å². The fourth-order valence-electron chi connectivity index (χ4n) is 3.98. The molecule has 2 N–H and O–H groups in total. The fraction of sp³-hybridized carbons (Fsp3) is 0.737. The Labute approximate surface area is 154 Å². The second-order valence-electron chi connectivity index (χ2n) is 7.46. The summed E-state index contributed by atoms with van der Waals surface area (Å²) in [6.45, 7) is 1.58. The van der Waals surface area contributed by atoms with Crippen LogP contribution >= 0.6 is 0 Å². The van der Waals surface area contributed by atoms with E-state index in [4.69, 9.17) is 4.74 Å². The highest BCUT2D eigenvalue weighted by atomic mass is 16.5. The van der Waals surface area contributed by atoms with Crippen LogP contribution in [0.4, 0.5) is 0 Å². The van der Waals surface area contributed by atoms with E-state index >= 15 is 0 Å². The van der Waals surface area contributed by atoms with E-state index < -0.39 is 0 Å². The summed E-state index contributed by atoms with van der Waals surface area (Å²) in [7, 11) is 1.60. The smallest absolute Gasteiger partial charge is 0.271 e. The first-order chi connectivity index (χ1) is 12.7. The zero-order chi connectivity index (χ0) is 18.4. The van der Waals surface area contributed by atoms with E-state index in [1.54, 1.807) is 7.11 Å². The van der Waals surface area contributed by atoms with Gasteiger partial charge < -0.3 is 15.4 Å². The number of hydrogen-bond donors (Lipinski definition) is 2. The third kappa shape index (κ3) is 5.06.